The first-order chi connectivity index (χ1) is 26.1. The molecule has 0 saturated carbocycles. The van der Waals surface area contributed by atoms with Crippen molar-refractivity contribution in [3.8, 4) is 0 Å². The minimum absolute atomic E-state index is 0.139. The van der Waals surface area contributed by atoms with Crippen LogP contribution >= 0.6 is 0 Å². The molecule has 3 aliphatic heterocycles. The SMILES string of the molecule is C[C@@H]1C(N=[N+]=[N-])[C@H](OCc2ccccc2)OC(COCc2ccccc2)[C@H]1O[C@@H]1OC2COC(c3ccccc3)O[C@H]2[C@H](C)C1OCc1ccccc1. The Morgan fingerprint density at radius 3 is 1.87 bits per heavy atom. The molecule has 278 valence electrons. The Morgan fingerprint density at radius 2 is 1.25 bits per heavy atom. The first-order valence-corrected chi connectivity index (χ1v) is 18.3. The molecular weight excluding hydrogens is 674 g/mol. The van der Waals surface area contributed by atoms with Crippen molar-refractivity contribution in [1.82, 2.24) is 0 Å². The van der Waals surface area contributed by atoms with E-state index in [0.717, 1.165) is 22.3 Å². The van der Waals surface area contributed by atoms with Crippen molar-refractivity contribution in [1.29, 1.82) is 0 Å². The Balaban J connectivity index is 1.13. The first kappa shape index (κ1) is 37.2. The lowest BCUT2D eigenvalue weighted by molar-refractivity contribution is -0.376. The molecule has 0 radical (unpaired) electrons. The van der Waals surface area contributed by atoms with Crippen molar-refractivity contribution in [3.05, 3.63) is 154 Å². The Bertz CT molecular complexity index is 1730. The number of fused-ring (bicyclic) bond motifs is 1. The Hall–Kier alpha value is -4.13. The third kappa shape index (κ3) is 9.34. The highest BCUT2D eigenvalue weighted by Crippen LogP contribution is 2.41. The highest BCUT2D eigenvalue weighted by molar-refractivity contribution is 5.17. The van der Waals surface area contributed by atoms with Crippen LogP contribution in [0.15, 0.2) is 126 Å². The molecule has 3 heterocycles. The van der Waals surface area contributed by atoms with Gasteiger partial charge in [0.15, 0.2) is 18.9 Å². The summed E-state index contributed by atoms with van der Waals surface area (Å²) in [7, 11) is 0. The number of hydrogen-bond donors (Lipinski definition) is 0. The largest absolute Gasteiger partial charge is 0.374 e. The Morgan fingerprint density at radius 1 is 0.660 bits per heavy atom. The molecule has 5 unspecified atom stereocenters. The number of nitrogens with zero attached hydrogens (tertiary/aromatic N) is 3. The van der Waals surface area contributed by atoms with E-state index in [4.69, 9.17) is 37.9 Å². The van der Waals surface area contributed by atoms with Crippen LogP contribution in [0.3, 0.4) is 0 Å². The van der Waals surface area contributed by atoms with E-state index in [1.165, 1.54) is 0 Å². The van der Waals surface area contributed by atoms with Crippen LogP contribution in [0.5, 0.6) is 0 Å². The molecule has 0 bridgehead atoms. The third-order valence-corrected chi connectivity index (χ3v) is 10.2. The summed E-state index contributed by atoms with van der Waals surface area (Å²) in [5.74, 6) is -0.487. The molecule has 7 rings (SSSR count). The summed E-state index contributed by atoms with van der Waals surface area (Å²) in [4.78, 5) is 3.19. The van der Waals surface area contributed by atoms with Crippen molar-refractivity contribution < 1.29 is 37.9 Å². The summed E-state index contributed by atoms with van der Waals surface area (Å²) in [6, 6.07) is 39.0. The van der Waals surface area contributed by atoms with Gasteiger partial charge in [-0.2, -0.15) is 0 Å². The van der Waals surface area contributed by atoms with E-state index in [-0.39, 0.29) is 31.2 Å². The molecule has 11 atom stereocenters. The van der Waals surface area contributed by atoms with Gasteiger partial charge in [-0.3, -0.25) is 0 Å². The summed E-state index contributed by atoms with van der Waals surface area (Å²) < 4.78 is 52.3. The summed E-state index contributed by atoms with van der Waals surface area (Å²) in [6.07, 6.45) is -4.62. The van der Waals surface area contributed by atoms with E-state index in [1.54, 1.807) is 0 Å². The van der Waals surface area contributed by atoms with Gasteiger partial charge in [-0.05, 0) is 28.1 Å². The summed E-state index contributed by atoms with van der Waals surface area (Å²) in [6.45, 7) is 5.64. The van der Waals surface area contributed by atoms with Gasteiger partial charge in [0.05, 0.1) is 51.3 Å². The second-order valence-electron chi connectivity index (χ2n) is 13.8. The zero-order valence-corrected chi connectivity index (χ0v) is 30.0. The van der Waals surface area contributed by atoms with Crippen LogP contribution in [0.4, 0.5) is 0 Å². The average Bonchev–Trinajstić information content (AvgIpc) is 3.21. The predicted octanol–water partition coefficient (Wildman–Crippen LogP) is 7.91. The lowest BCUT2D eigenvalue weighted by atomic mass is 9.87. The highest BCUT2D eigenvalue weighted by Gasteiger charge is 2.52. The molecule has 3 saturated heterocycles. The van der Waals surface area contributed by atoms with Crippen molar-refractivity contribution in [2.45, 2.75) is 89.1 Å². The van der Waals surface area contributed by atoms with E-state index in [1.807, 2.05) is 128 Å². The van der Waals surface area contributed by atoms with Gasteiger partial charge in [0.25, 0.3) is 0 Å². The zero-order valence-electron chi connectivity index (χ0n) is 30.0. The topological polar surface area (TPSA) is 123 Å². The van der Waals surface area contributed by atoms with Gasteiger partial charge in [0, 0.05) is 16.4 Å². The van der Waals surface area contributed by atoms with Crippen LogP contribution in [0.1, 0.15) is 42.4 Å². The summed E-state index contributed by atoms with van der Waals surface area (Å²) >= 11 is 0. The van der Waals surface area contributed by atoms with E-state index in [0.29, 0.717) is 19.8 Å². The predicted molar refractivity (Wildman–Crippen MR) is 196 cm³/mol. The summed E-state index contributed by atoms with van der Waals surface area (Å²) in [5.41, 5.74) is 13.7. The van der Waals surface area contributed by atoms with Crippen LogP contribution in [0.25, 0.3) is 10.4 Å². The number of ether oxygens (including phenoxy) is 8. The Labute approximate surface area is 310 Å². The van der Waals surface area contributed by atoms with Crippen LogP contribution in [0.2, 0.25) is 0 Å². The van der Waals surface area contributed by atoms with E-state index in [2.05, 4.69) is 16.9 Å². The van der Waals surface area contributed by atoms with Crippen molar-refractivity contribution >= 4 is 0 Å². The minimum atomic E-state index is -0.831. The normalized spacial score (nSPS) is 31.2. The first-order valence-electron chi connectivity index (χ1n) is 18.3. The van der Waals surface area contributed by atoms with Gasteiger partial charge in [-0.15, -0.1) is 0 Å². The highest BCUT2D eigenvalue weighted by atomic mass is 16.8. The molecule has 4 aromatic rings. The minimum Gasteiger partial charge on any atom is -0.374 e. The summed E-state index contributed by atoms with van der Waals surface area (Å²) in [5, 5.41) is 4.17. The zero-order chi connectivity index (χ0) is 36.4. The van der Waals surface area contributed by atoms with Crippen molar-refractivity contribution in [3.63, 3.8) is 0 Å². The van der Waals surface area contributed by atoms with Crippen LogP contribution < -0.4 is 0 Å². The maximum absolute atomic E-state index is 9.68. The maximum Gasteiger partial charge on any atom is 0.185 e. The third-order valence-electron chi connectivity index (χ3n) is 10.2. The smallest absolute Gasteiger partial charge is 0.185 e. The molecule has 0 aromatic heterocycles. The molecule has 4 aromatic carbocycles. The van der Waals surface area contributed by atoms with E-state index >= 15 is 0 Å². The molecule has 11 heteroatoms. The van der Waals surface area contributed by atoms with Gasteiger partial charge in [0.2, 0.25) is 0 Å². The molecule has 11 nitrogen and oxygen atoms in total. The van der Waals surface area contributed by atoms with Gasteiger partial charge in [-0.25, -0.2) is 0 Å². The van der Waals surface area contributed by atoms with Gasteiger partial charge < -0.3 is 37.9 Å². The van der Waals surface area contributed by atoms with Gasteiger partial charge in [-0.1, -0.05) is 140 Å². The molecule has 0 aliphatic carbocycles. The second kappa shape index (κ2) is 18.3. The number of azide groups is 1. The standard InChI is InChI=1S/C42H47N3O8/c1-28-36(44-45-43)41(48-25-32-19-11-5-12-20-32)50-34(26-46-23-30-15-7-3-8-16-30)37(28)53-42-39(47-24-31-17-9-4-10-18-31)29(2)38-35(51-42)27-49-40(52-38)33-21-13-6-14-22-33/h3-22,28-29,34-42H,23-27H2,1-2H3/t28-,29+,34?,35?,36?,37+,38+,39?,40?,41-,42+/m1/s1. The molecular formula is C42H47N3O8. The number of rotatable bonds is 14. The molecule has 0 amide bonds. The fourth-order valence-corrected chi connectivity index (χ4v) is 7.29. The van der Waals surface area contributed by atoms with E-state index < -0.39 is 49.3 Å². The van der Waals surface area contributed by atoms with Gasteiger partial charge >= 0.3 is 0 Å². The van der Waals surface area contributed by atoms with Crippen LogP contribution in [-0.2, 0) is 57.7 Å². The number of hydrogen-bond acceptors (Lipinski definition) is 9. The molecule has 53 heavy (non-hydrogen) atoms. The van der Waals surface area contributed by atoms with Crippen LogP contribution in [-0.4, -0.2) is 62.4 Å². The lowest BCUT2D eigenvalue weighted by Gasteiger charge is -2.51. The quantitative estimate of drug-likeness (QED) is 0.0732. The molecule has 3 aliphatic rings. The molecule has 0 spiro atoms. The monoisotopic (exact) mass is 721 g/mol. The Kier molecular flexibility index (Phi) is 12.8. The van der Waals surface area contributed by atoms with Crippen molar-refractivity contribution in [2.24, 2.45) is 17.0 Å². The fourth-order valence-electron chi connectivity index (χ4n) is 7.29. The fraction of sp³-hybridized carbons (Fsp3) is 0.429. The average molecular weight is 722 g/mol. The van der Waals surface area contributed by atoms with Crippen molar-refractivity contribution in [2.75, 3.05) is 13.2 Å². The van der Waals surface area contributed by atoms with E-state index in [9.17, 15) is 5.53 Å². The molecule has 0 N–H and O–H groups in total. The molecule has 3 fully saturated rings. The lowest BCUT2D eigenvalue weighted by Crippen LogP contribution is -2.62. The second-order valence-corrected chi connectivity index (χ2v) is 13.8. The number of benzene rings is 4. The van der Waals surface area contributed by atoms with Crippen LogP contribution in [0, 0.1) is 11.8 Å². The maximum atomic E-state index is 9.68. The van der Waals surface area contributed by atoms with Gasteiger partial charge in [0.1, 0.15) is 18.3 Å².